The van der Waals surface area contributed by atoms with Crippen LogP contribution in [0.15, 0.2) is 59.7 Å². The molecule has 0 radical (unpaired) electrons. The molecule has 0 atom stereocenters. The van der Waals surface area contributed by atoms with Crippen molar-refractivity contribution in [1.29, 1.82) is 0 Å². The molecule has 0 saturated heterocycles. The van der Waals surface area contributed by atoms with Gasteiger partial charge in [0.2, 0.25) is 0 Å². The Kier molecular flexibility index (Phi) is 10.4. The van der Waals surface area contributed by atoms with E-state index in [-0.39, 0.29) is 42.7 Å². The van der Waals surface area contributed by atoms with E-state index in [4.69, 9.17) is 18.9 Å². The maximum absolute atomic E-state index is 14.4. The van der Waals surface area contributed by atoms with Crippen molar-refractivity contribution in [3.8, 4) is 22.6 Å². The lowest BCUT2D eigenvalue weighted by Gasteiger charge is -2.15. The third-order valence-corrected chi connectivity index (χ3v) is 6.17. The van der Waals surface area contributed by atoms with E-state index in [1.807, 2.05) is 0 Å². The Morgan fingerprint density at radius 3 is 2.55 bits per heavy atom. The van der Waals surface area contributed by atoms with Gasteiger partial charge in [-0.2, -0.15) is 0 Å². The van der Waals surface area contributed by atoms with Crippen LogP contribution in [0.4, 0.5) is 8.78 Å². The van der Waals surface area contributed by atoms with Crippen LogP contribution >= 0.6 is 0 Å². The molecule has 0 aliphatic rings. The highest BCUT2D eigenvalue weighted by molar-refractivity contribution is 6.00. The highest BCUT2D eigenvalue weighted by Crippen LogP contribution is 2.38. The molecule has 10 nitrogen and oxygen atoms in total. The molecule has 2 aromatic carbocycles. The van der Waals surface area contributed by atoms with Crippen molar-refractivity contribution >= 4 is 22.8 Å². The minimum absolute atomic E-state index is 0.108. The third-order valence-electron chi connectivity index (χ3n) is 6.17. The first kappa shape index (κ1) is 30.4. The van der Waals surface area contributed by atoms with Crippen molar-refractivity contribution in [2.45, 2.75) is 13.3 Å². The Balaban J connectivity index is 1.45. The molecule has 4 rings (SSSR count). The van der Waals surface area contributed by atoms with Gasteiger partial charge in [-0.05, 0) is 49.7 Å². The second-order valence-corrected chi connectivity index (χ2v) is 9.19. The number of ether oxygens (including phenoxy) is 4. The van der Waals surface area contributed by atoms with E-state index in [0.29, 0.717) is 59.9 Å². The maximum Gasteiger partial charge on any atom is 0.332 e. The Hall–Kier alpha value is -4.55. The van der Waals surface area contributed by atoms with E-state index in [0.717, 1.165) is 6.07 Å². The van der Waals surface area contributed by atoms with Crippen LogP contribution in [-0.4, -0.2) is 61.0 Å². The lowest BCUT2D eigenvalue weighted by molar-refractivity contribution is -0.148. The fourth-order valence-electron chi connectivity index (χ4n) is 4.19. The number of benzene rings is 2. The summed E-state index contributed by atoms with van der Waals surface area (Å²) in [6, 6.07) is 9.31. The van der Waals surface area contributed by atoms with Crippen molar-refractivity contribution in [3.63, 3.8) is 0 Å². The van der Waals surface area contributed by atoms with Gasteiger partial charge in [-0.1, -0.05) is 0 Å². The van der Waals surface area contributed by atoms with Gasteiger partial charge in [0.1, 0.15) is 23.7 Å². The predicted molar refractivity (Wildman–Crippen MR) is 151 cm³/mol. The van der Waals surface area contributed by atoms with E-state index < -0.39 is 17.6 Å². The normalized spacial score (nSPS) is 11.0. The second kappa shape index (κ2) is 14.4. The summed E-state index contributed by atoms with van der Waals surface area (Å²) in [5, 5.41) is 3.37. The molecule has 12 heteroatoms. The molecule has 0 fully saturated rings. The quantitative estimate of drug-likeness (QED) is 0.168. The zero-order valence-corrected chi connectivity index (χ0v) is 23.2. The van der Waals surface area contributed by atoms with Crippen LogP contribution in [0.3, 0.4) is 0 Å². The number of carbonyl (C=O) groups excluding carboxylic acids is 2. The van der Waals surface area contributed by atoms with Crippen LogP contribution in [0.5, 0.6) is 11.5 Å². The molecule has 42 heavy (non-hydrogen) atoms. The molecular weight excluding hydrogens is 552 g/mol. The number of aryl methyl sites for hydroxylation is 1. The number of hydrogen-bond acceptors (Lipinski definition) is 7. The standard InChI is InChI=1S/C30H31F2N3O7/c1-3-41-27(36)18-40-13-4-12-39-14-11-34-29(37)19-5-7-25(42-26-8-6-20(31)16-24(26)32)22(15-19)23-17-35(2)30(38)28-21(23)9-10-33-28/h5-10,15-17,33H,3-4,11-14,18H2,1-2H3,(H,34,37). The van der Waals surface area contributed by atoms with Crippen LogP contribution in [0, 0.1) is 11.6 Å². The van der Waals surface area contributed by atoms with Gasteiger partial charge in [-0.3, -0.25) is 9.59 Å². The van der Waals surface area contributed by atoms with Gasteiger partial charge in [-0.25, -0.2) is 13.6 Å². The van der Waals surface area contributed by atoms with Crippen LogP contribution < -0.4 is 15.6 Å². The average molecular weight is 584 g/mol. The molecule has 0 bridgehead atoms. The summed E-state index contributed by atoms with van der Waals surface area (Å²) in [5.41, 5.74) is 1.39. The van der Waals surface area contributed by atoms with E-state index in [9.17, 15) is 23.2 Å². The number of aromatic nitrogens is 2. The van der Waals surface area contributed by atoms with E-state index in [1.54, 1.807) is 38.5 Å². The van der Waals surface area contributed by atoms with E-state index in [1.165, 1.54) is 22.8 Å². The molecule has 2 aromatic heterocycles. The summed E-state index contributed by atoms with van der Waals surface area (Å²) >= 11 is 0. The Morgan fingerprint density at radius 1 is 0.976 bits per heavy atom. The average Bonchev–Trinajstić information content (AvgIpc) is 3.46. The second-order valence-electron chi connectivity index (χ2n) is 9.19. The van der Waals surface area contributed by atoms with Gasteiger partial charge < -0.3 is 33.8 Å². The topological polar surface area (TPSA) is 121 Å². The predicted octanol–water partition coefficient (Wildman–Crippen LogP) is 4.32. The molecule has 0 spiro atoms. The van der Waals surface area contributed by atoms with Crippen LogP contribution in [-0.2, 0) is 26.1 Å². The smallest absolute Gasteiger partial charge is 0.332 e. The lowest BCUT2D eigenvalue weighted by Crippen LogP contribution is -2.27. The minimum atomic E-state index is -0.888. The van der Waals surface area contributed by atoms with E-state index >= 15 is 0 Å². The largest absolute Gasteiger partial charge is 0.464 e. The summed E-state index contributed by atoms with van der Waals surface area (Å²) < 4.78 is 50.6. The van der Waals surface area contributed by atoms with Crippen LogP contribution in [0.2, 0.25) is 0 Å². The number of nitrogens with one attached hydrogen (secondary N) is 2. The number of rotatable bonds is 14. The number of halogens is 2. The number of nitrogens with zero attached hydrogens (tertiary/aromatic N) is 1. The fourth-order valence-corrected chi connectivity index (χ4v) is 4.19. The van der Waals surface area contributed by atoms with Crippen molar-refractivity contribution in [1.82, 2.24) is 14.9 Å². The van der Waals surface area contributed by atoms with Crippen molar-refractivity contribution in [2.24, 2.45) is 7.05 Å². The van der Waals surface area contributed by atoms with Crippen LogP contribution in [0.25, 0.3) is 22.0 Å². The van der Waals surface area contributed by atoms with Crippen molar-refractivity contribution < 1.29 is 37.3 Å². The molecule has 0 aliphatic carbocycles. The molecule has 4 aromatic rings. The molecule has 0 saturated carbocycles. The number of hydrogen-bond donors (Lipinski definition) is 2. The van der Waals surface area contributed by atoms with E-state index in [2.05, 4.69) is 10.3 Å². The maximum atomic E-state index is 14.4. The van der Waals surface area contributed by atoms with Crippen molar-refractivity contribution in [2.75, 3.05) is 39.6 Å². The Bertz CT molecular complexity index is 1620. The summed E-state index contributed by atoms with van der Waals surface area (Å²) in [6.07, 6.45) is 3.80. The number of carbonyl (C=O) groups is 2. The molecular formula is C30H31F2N3O7. The number of aromatic amines is 1. The van der Waals surface area contributed by atoms with Crippen molar-refractivity contribution in [3.05, 3.63) is 82.4 Å². The molecule has 0 aliphatic heterocycles. The lowest BCUT2D eigenvalue weighted by atomic mass is 10.00. The SMILES string of the molecule is CCOC(=O)COCCCOCCNC(=O)c1ccc(Oc2ccc(F)cc2F)c(-c2cn(C)c(=O)c3[nH]ccc23)c1. The monoisotopic (exact) mass is 583 g/mol. The Morgan fingerprint density at radius 2 is 1.76 bits per heavy atom. The summed E-state index contributed by atoms with van der Waals surface area (Å²) in [4.78, 5) is 39.8. The zero-order valence-electron chi connectivity index (χ0n) is 23.2. The zero-order chi connectivity index (χ0) is 30.1. The van der Waals surface area contributed by atoms with Gasteiger partial charge in [-0.15, -0.1) is 0 Å². The minimum Gasteiger partial charge on any atom is -0.464 e. The number of fused-ring (bicyclic) bond motifs is 1. The third kappa shape index (κ3) is 7.59. The number of pyridine rings is 1. The summed E-state index contributed by atoms with van der Waals surface area (Å²) in [5.74, 6) is -2.43. The van der Waals surface area contributed by atoms with Gasteiger partial charge >= 0.3 is 5.97 Å². The summed E-state index contributed by atoms with van der Waals surface area (Å²) in [7, 11) is 1.59. The highest BCUT2D eigenvalue weighted by Gasteiger charge is 2.18. The van der Waals surface area contributed by atoms with Gasteiger partial charge in [0, 0.05) is 67.3 Å². The number of esters is 1. The van der Waals surface area contributed by atoms with Crippen LogP contribution in [0.1, 0.15) is 23.7 Å². The first-order valence-electron chi connectivity index (χ1n) is 13.3. The molecule has 2 heterocycles. The molecule has 222 valence electrons. The molecule has 1 amide bonds. The van der Waals surface area contributed by atoms with Gasteiger partial charge in [0.15, 0.2) is 11.6 Å². The van der Waals surface area contributed by atoms with Gasteiger partial charge in [0.25, 0.3) is 11.5 Å². The first-order valence-corrected chi connectivity index (χ1v) is 13.3. The fraction of sp³-hybridized carbons (Fsp3) is 0.300. The number of H-pyrrole nitrogens is 1. The highest BCUT2D eigenvalue weighted by atomic mass is 19.1. The molecule has 0 unspecified atom stereocenters. The van der Waals surface area contributed by atoms with Gasteiger partial charge in [0.05, 0.1) is 13.2 Å². The Labute approximate surface area is 240 Å². The number of amides is 1. The first-order chi connectivity index (χ1) is 20.3. The molecule has 2 N–H and O–H groups in total. The summed E-state index contributed by atoms with van der Waals surface area (Å²) in [6.45, 7) is 3.13.